The Morgan fingerprint density at radius 1 is 0.400 bits per heavy atom. The molecule has 0 unspecified atom stereocenters. The van der Waals surface area contributed by atoms with E-state index in [-0.39, 0.29) is 211 Å². The van der Waals surface area contributed by atoms with E-state index in [1.807, 2.05) is 0 Å². The Balaban J connectivity index is 0. The molecular formula is HK4O+3. The van der Waals surface area contributed by atoms with Crippen molar-refractivity contribution in [3.63, 3.8) is 0 Å². The number of hydrogen-bond donors (Lipinski definition) is 0. The van der Waals surface area contributed by atoms with Crippen molar-refractivity contribution >= 4 is 0 Å². The third kappa shape index (κ3) is 18.0. The van der Waals surface area contributed by atoms with Gasteiger partial charge in [0.2, 0.25) is 0 Å². The van der Waals surface area contributed by atoms with E-state index < -0.39 is 0 Å². The molecule has 0 amide bonds. The normalized spacial score (nSPS) is 0. The Hall–Kier alpha value is 6.51. The molecule has 0 heterocycles. The Bertz CT molecular complexity index is 3.61. The van der Waals surface area contributed by atoms with Crippen LogP contribution in [0.1, 0.15) is 0 Å². The smallest absolute Gasteiger partial charge is 0.870 e. The maximum atomic E-state index is 0. The molecule has 0 spiro atoms. The van der Waals surface area contributed by atoms with Crippen molar-refractivity contribution in [1.29, 1.82) is 0 Å². The monoisotopic (exact) mass is 173 g/mol. The van der Waals surface area contributed by atoms with Crippen molar-refractivity contribution in [3.8, 4) is 0 Å². The van der Waals surface area contributed by atoms with Crippen molar-refractivity contribution in [2.45, 2.75) is 0 Å². The summed E-state index contributed by atoms with van der Waals surface area (Å²) in [7, 11) is 0. The summed E-state index contributed by atoms with van der Waals surface area (Å²) >= 11 is 0. The molecule has 0 aromatic carbocycles. The Morgan fingerprint density at radius 2 is 0.400 bits per heavy atom. The second kappa shape index (κ2) is 22.4. The molecule has 0 bridgehead atoms. The minimum absolute atomic E-state index is 0. The average molecular weight is 173 g/mol. The summed E-state index contributed by atoms with van der Waals surface area (Å²) in [6.07, 6.45) is 0. The van der Waals surface area contributed by atoms with E-state index in [1.54, 1.807) is 0 Å². The van der Waals surface area contributed by atoms with Crippen LogP contribution in [0.5, 0.6) is 0 Å². The molecule has 5 heavy (non-hydrogen) atoms. The minimum atomic E-state index is 0. The molecule has 0 radical (unpaired) electrons. The van der Waals surface area contributed by atoms with E-state index in [4.69, 9.17) is 0 Å². The first-order valence-corrected chi connectivity index (χ1v) is 0. The second-order valence-corrected chi connectivity index (χ2v) is 0. The third-order valence-electron chi connectivity index (χ3n) is 0. The fourth-order valence-electron chi connectivity index (χ4n) is 0. The Kier molecular flexibility index (Phi) is 135. The van der Waals surface area contributed by atoms with Crippen molar-refractivity contribution < 1.29 is 211 Å². The van der Waals surface area contributed by atoms with Gasteiger partial charge in [0.25, 0.3) is 0 Å². The van der Waals surface area contributed by atoms with Crippen LogP contribution in [0, 0.1) is 0 Å². The average Bonchev–Trinajstić information content (AvgIpc) is 0. The molecule has 0 saturated carbocycles. The van der Waals surface area contributed by atoms with Gasteiger partial charge in [0.1, 0.15) is 0 Å². The molecule has 0 aliphatic carbocycles. The first kappa shape index (κ1) is 30.0. The van der Waals surface area contributed by atoms with Gasteiger partial charge >= 0.3 is 206 Å². The van der Waals surface area contributed by atoms with Gasteiger partial charge in [-0.3, -0.25) is 0 Å². The van der Waals surface area contributed by atoms with Gasteiger partial charge in [0.15, 0.2) is 0 Å². The molecule has 0 fully saturated rings. The van der Waals surface area contributed by atoms with E-state index >= 15 is 0 Å². The molecule has 0 saturated heterocycles. The van der Waals surface area contributed by atoms with Crippen LogP contribution in [0.2, 0.25) is 0 Å². The van der Waals surface area contributed by atoms with Crippen LogP contribution >= 0.6 is 0 Å². The molecule has 5 heteroatoms. The minimum Gasteiger partial charge on any atom is -0.870 e. The fourth-order valence-corrected chi connectivity index (χ4v) is 0. The standard InChI is InChI=1S/4K.H2O/h;;;;1H2/q4*+1;/p-1. The predicted molar refractivity (Wildman–Crippen MR) is 1.94 cm³/mol. The summed E-state index contributed by atoms with van der Waals surface area (Å²) in [4.78, 5) is 0. The summed E-state index contributed by atoms with van der Waals surface area (Å²) in [5.41, 5.74) is 0. The maximum Gasteiger partial charge on any atom is 1.00 e. The fraction of sp³-hybridized carbons (Fsp3) is 0. The van der Waals surface area contributed by atoms with E-state index in [9.17, 15) is 0 Å². The van der Waals surface area contributed by atoms with Crippen LogP contribution < -0.4 is 206 Å². The molecule has 0 rings (SSSR count). The predicted octanol–water partition coefficient (Wildman–Crippen LogP) is -12.2. The van der Waals surface area contributed by atoms with E-state index in [0.29, 0.717) is 0 Å². The van der Waals surface area contributed by atoms with Gasteiger partial charge in [-0.05, 0) is 0 Å². The number of rotatable bonds is 0. The van der Waals surface area contributed by atoms with E-state index in [2.05, 4.69) is 0 Å². The van der Waals surface area contributed by atoms with Gasteiger partial charge < -0.3 is 5.48 Å². The molecule has 0 aliphatic rings. The van der Waals surface area contributed by atoms with Crippen LogP contribution in [-0.2, 0) is 0 Å². The zero-order chi connectivity index (χ0) is 0. The van der Waals surface area contributed by atoms with Gasteiger partial charge in [-0.15, -0.1) is 0 Å². The quantitative estimate of drug-likeness (QED) is 0.335. The molecule has 8 valence electrons. The zero-order valence-corrected chi connectivity index (χ0v) is 16.9. The third-order valence-corrected chi connectivity index (χ3v) is 0. The summed E-state index contributed by atoms with van der Waals surface area (Å²) in [6, 6.07) is 0. The van der Waals surface area contributed by atoms with Gasteiger partial charge in [-0.2, -0.15) is 0 Å². The first-order valence-electron chi connectivity index (χ1n) is 0. The molecule has 0 aliphatic heterocycles. The van der Waals surface area contributed by atoms with Crippen LogP contribution in [0.25, 0.3) is 0 Å². The summed E-state index contributed by atoms with van der Waals surface area (Å²) in [5.74, 6) is 0. The SMILES string of the molecule is [K+].[K+].[K+].[K+].[OH-]. The van der Waals surface area contributed by atoms with Crippen LogP contribution in [0.15, 0.2) is 0 Å². The van der Waals surface area contributed by atoms with Crippen molar-refractivity contribution in [1.82, 2.24) is 0 Å². The number of hydrogen-bond acceptors (Lipinski definition) is 1. The summed E-state index contributed by atoms with van der Waals surface area (Å²) in [5, 5.41) is 0. The van der Waals surface area contributed by atoms with Crippen molar-refractivity contribution in [2.24, 2.45) is 0 Å². The molecule has 1 N–H and O–H groups in total. The topological polar surface area (TPSA) is 30.0 Å². The van der Waals surface area contributed by atoms with Crippen LogP contribution in [0.3, 0.4) is 0 Å². The molecule has 0 aromatic rings. The van der Waals surface area contributed by atoms with Gasteiger partial charge in [0, 0.05) is 0 Å². The van der Waals surface area contributed by atoms with Gasteiger partial charge in [-0.1, -0.05) is 0 Å². The Morgan fingerprint density at radius 3 is 0.400 bits per heavy atom. The van der Waals surface area contributed by atoms with E-state index in [0.717, 1.165) is 0 Å². The van der Waals surface area contributed by atoms with Crippen molar-refractivity contribution in [3.05, 3.63) is 0 Å². The van der Waals surface area contributed by atoms with E-state index in [1.165, 1.54) is 0 Å². The van der Waals surface area contributed by atoms with Gasteiger partial charge in [0.05, 0.1) is 0 Å². The molecular weight excluding hydrogens is 172 g/mol. The largest absolute Gasteiger partial charge is 1.00 e. The van der Waals surface area contributed by atoms with Gasteiger partial charge in [-0.25, -0.2) is 0 Å². The Labute approximate surface area is 203 Å². The summed E-state index contributed by atoms with van der Waals surface area (Å²) in [6.45, 7) is 0. The molecule has 0 aromatic heterocycles. The van der Waals surface area contributed by atoms with Crippen LogP contribution in [0.4, 0.5) is 0 Å². The van der Waals surface area contributed by atoms with Crippen LogP contribution in [-0.4, -0.2) is 5.48 Å². The first-order chi connectivity index (χ1) is 0. The molecule has 1 nitrogen and oxygen atoms in total. The zero-order valence-electron chi connectivity index (χ0n) is 4.45. The maximum absolute atomic E-state index is 0. The molecule has 0 atom stereocenters. The second-order valence-electron chi connectivity index (χ2n) is 0. The summed E-state index contributed by atoms with van der Waals surface area (Å²) < 4.78 is 0. The van der Waals surface area contributed by atoms with Crippen molar-refractivity contribution in [2.75, 3.05) is 0 Å².